The van der Waals surface area contributed by atoms with Crippen molar-refractivity contribution >= 4 is 10.9 Å². The molecule has 2 aromatic heterocycles. The van der Waals surface area contributed by atoms with Gasteiger partial charge in [-0.1, -0.05) is 17.7 Å². The van der Waals surface area contributed by atoms with Gasteiger partial charge in [-0.3, -0.25) is 4.98 Å². The van der Waals surface area contributed by atoms with Gasteiger partial charge in [-0.2, -0.15) is 0 Å². The molecule has 0 amide bonds. The van der Waals surface area contributed by atoms with Crippen LogP contribution < -0.4 is 0 Å². The standard InChI is InChI=1S/C22H25N3O2/c1-16-6-7-19-17(13-16)18-14-24(2)10-8-20(18)25(19)15-22(26-11-12-27-22)21-5-3-4-9-23-21/h3-7,9,13H,8,10-12,14-15H2,1-2H3. The minimum atomic E-state index is -0.810. The first kappa shape index (κ1) is 16.9. The van der Waals surface area contributed by atoms with Crippen LogP contribution in [0.3, 0.4) is 0 Å². The molecule has 5 rings (SSSR count). The molecule has 0 radical (unpaired) electrons. The van der Waals surface area contributed by atoms with Gasteiger partial charge in [-0.25, -0.2) is 0 Å². The summed E-state index contributed by atoms with van der Waals surface area (Å²) < 4.78 is 14.8. The normalized spacial score (nSPS) is 19.5. The Morgan fingerprint density at radius 1 is 1.15 bits per heavy atom. The van der Waals surface area contributed by atoms with Crippen molar-refractivity contribution in [2.24, 2.45) is 0 Å². The average Bonchev–Trinajstić information content (AvgIpc) is 3.27. The van der Waals surface area contributed by atoms with Crippen LogP contribution in [-0.2, 0) is 34.8 Å². The van der Waals surface area contributed by atoms with E-state index in [4.69, 9.17) is 9.47 Å². The molecule has 1 aromatic carbocycles. The van der Waals surface area contributed by atoms with E-state index >= 15 is 0 Å². The fourth-order valence-electron chi connectivity index (χ4n) is 4.45. The molecule has 2 aliphatic heterocycles. The maximum absolute atomic E-state index is 6.17. The lowest BCUT2D eigenvalue weighted by Gasteiger charge is -2.30. The molecular formula is C22H25N3O2. The smallest absolute Gasteiger partial charge is 0.231 e. The van der Waals surface area contributed by atoms with Gasteiger partial charge < -0.3 is 18.9 Å². The highest BCUT2D eigenvalue weighted by molar-refractivity contribution is 5.86. The monoisotopic (exact) mass is 363 g/mol. The van der Waals surface area contributed by atoms with Crippen molar-refractivity contribution in [2.45, 2.75) is 32.2 Å². The molecule has 0 atom stereocenters. The third-order valence-corrected chi connectivity index (χ3v) is 5.78. The van der Waals surface area contributed by atoms with Gasteiger partial charge in [0.05, 0.1) is 19.8 Å². The largest absolute Gasteiger partial charge is 0.341 e. The van der Waals surface area contributed by atoms with E-state index in [2.05, 4.69) is 46.6 Å². The highest BCUT2D eigenvalue weighted by Gasteiger charge is 2.41. The Hall–Kier alpha value is -2.21. The summed E-state index contributed by atoms with van der Waals surface area (Å²) in [5, 5.41) is 1.35. The van der Waals surface area contributed by atoms with Gasteiger partial charge in [-0.05, 0) is 43.8 Å². The van der Waals surface area contributed by atoms with Crippen LogP contribution in [-0.4, -0.2) is 41.3 Å². The molecule has 0 unspecified atom stereocenters. The van der Waals surface area contributed by atoms with Gasteiger partial charge in [0.1, 0.15) is 5.69 Å². The van der Waals surface area contributed by atoms with Crippen molar-refractivity contribution < 1.29 is 9.47 Å². The Morgan fingerprint density at radius 2 is 2.00 bits per heavy atom. The quantitative estimate of drug-likeness (QED) is 0.716. The van der Waals surface area contributed by atoms with E-state index < -0.39 is 5.79 Å². The van der Waals surface area contributed by atoms with E-state index in [1.165, 1.54) is 27.7 Å². The molecule has 3 aromatic rings. The molecule has 4 heterocycles. The molecule has 2 aliphatic rings. The zero-order valence-electron chi connectivity index (χ0n) is 15.9. The molecule has 0 spiro atoms. The highest BCUT2D eigenvalue weighted by atomic mass is 16.7. The second-order valence-corrected chi connectivity index (χ2v) is 7.68. The zero-order chi connectivity index (χ0) is 18.4. The van der Waals surface area contributed by atoms with Gasteiger partial charge in [0.15, 0.2) is 0 Å². The summed E-state index contributed by atoms with van der Waals surface area (Å²) >= 11 is 0. The van der Waals surface area contributed by atoms with Gasteiger partial charge >= 0.3 is 0 Å². The van der Waals surface area contributed by atoms with Crippen LogP contribution in [0.5, 0.6) is 0 Å². The summed E-state index contributed by atoms with van der Waals surface area (Å²) in [7, 11) is 2.19. The number of hydrogen-bond donors (Lipinski definition) is 0. The Bertz CT molecular complexity index is 974. The third kappa shape index (κ3) is 2.78. The minimum Gasteiger partial charge on any atom is -0.341 e. The van der Waals surface area contributed by atoms with Crippen molar-refractivity contribution in [3.63, 3.8) is 0 Å². The topological polar surface area (TPSA) is 39.5 Å². The predicted molar refractivity (Wildman–Crippen MR) is 105 cm³/mol. The molecule has 27 heavy (non-hydrogen) atoms. The molecule has 0 bridgehead atoms. The van der Waals surface area contributed by atoms with Crippen molar-refractivity contribution in [1.82, 2.24) is 14.5 Å². The van der Waals surface area contributed by atoms with Crippen LogP contribution in [0.2, 0.25) is 0 Å². The summed E-state index contributed by atoms with van der Waals surface area (Å²) in [4.78, 5) is 6.95. The van der Waals surface area contributed by atoms with Crippen LogP contribution in [0.1, 0.15) is 22.5 Å². The number of likely N-dealkylation sites (N-methyl/N-ethyl adjacent to an activating group) is 1. The number of benzene rings is 1. The highest BCUT2D eigenvalue weighted by Crippen LogP contribution is 2.37. The maximum Gasteiger partial charge on any atom is 0.231 e. The van der Waals surface area contributed by atoms with Crippen LogP contribution in [0, 0.1) is 6.92 Å². The maximum atomic E-state index is 6.17. The van der Waals surface area contributed by atoms with Crippen LogP contribution >= 0.6 is 0 Å². The third-order valence-electron chi connectivity index (χ3n) is 5.78. The summed E-state index contributed by atoms with van der Waals surface area (Å²) in [6.45, 7) is 6.04. The number of pyridine rings is 1. The van der Waals surface area contributed by atoms with Gasteiger partial charge in [0.25, 0.3) is 0 Å². The fraction of sp³-hybridized carbons (Fsp3) is 0.409. The van der Waals surface area contributed by atoms with E-state index in [0.717, 1.165) is 25.2 Å². The molecule has 0 N–H and O–H groups in total. The number of aromatic nitrogens is 2. The summed E-state index contributed by atoms with van der Waals surface area (Å²) in [6, 6.07) is 12.7. The van der Waals surface area contributed by atoms with Gasteiger partial charge in [-0.15, -0.1) is 0 Å². The number of ether oxygens (including phenoxy) is 2. The van der Waals surface area contributed by atoms with Crippen molar-refractivity contribution in [1.29, 1.82) is 0 Å². The number of nitrogens with zero attached hydrogens (tertiary/aromatic N) is 3. The first-order chi connectivity index (χ1) is 13.2. The van der Waals surface area contributed by atoms with E-state index in [9.17, 15) is 0 Å². The summed E-state index contributed by atoms with van der Waals surface area (Å²) in [6.07, 6.45) is 2.85. The number of aryl methyl sites for hydroxylation is 1. The van der Waals surface area contributed by atoms with Crippen LogP contribution in [0.25, 0.3) is 10.9 Å². The lowest BCUT2D eigenvalue weighted by atomic mass is 10.0. The fourth-order valence-corrected chi connectivity index (χ4v) is 4.45. The Morgan fingerprint density at radius 3 is 2.78 bits per heavy atom. The van der Waals surface area contributed by atoms with E-state index in [1.54, 1.807) is 0 Å². The zero-order valence-corrected chi connectivity index (χ0v) is 15.9. The van der Waals surface area contributed by atoms with Crippen molar-refractivity contribution in [3.8, 4) is 0 Å². The predicted octanol–water partition coefficient (Wildman–Crippen LogP) is 3.23. The Kier molecular flexibility index (Phi) is 4.04. The molecule has 0 saturated carbocycles. The first-order valence-electron chi connectivity index (χ1n) is 9.65. The second kappa shape index (κ2) is 6.44. The van der Waals surface area contributed by atoms with Crippen molar-refractivity contribution in [3.05, 3.63) is 65.1 Å². The molecule has 1 saturated heterocycles. The van der Waals surface area contributed by atoms with E-state index in [0.29, 0.717) is 19.8 Å². The van der Waals surface area contributed by atoms with E-state index in [1.807, 2.05) is 24.4 Å². The molecular weight excluding hydrogens is 338 g/mol. The number of rotatable bonds is 3. The lowest BCUT2D eigenvalue weighted by molar-refractivity contribution is -0.178. The Balaban J connectivity index is 1.67. The van der Waals surface area contributed by atoms with Crippen LogP contribution in [0.4, 0.5) is 0 Å². The van der Waals surface area contributed by atoms with Crippen LogP contribution in [0.15, 0.2) is 42.6 Å². The first-order valence-corrected chi connectivity index (χ1v) is 9.65. The summed E-state index contributed by atoms with van der Waals surface area (Å²) in [5.41, 5.74) is 6.25. The molecule has 140 valence electrons. The summed E-state index contributed by atoms with van der Waals surface area (Å²) in [5.74, 6) is -0.810. The van der Waals surface area contributed by atoms with E-state index in [-0.39, 0.29) is 0 Å². The molecule has 5 nitrogen and oxygen atoms in total. The molecule has 5 heteroatoms. The number of hydrogen-bond acceptors (Lipinski definition) is 4. The molecule has 1 fully saturated rings. The molecule has 0 aliphatic carbocycles. The van der Waals surface area contributed by atoms with Gasteiger partial charge in [0.2, 0.25) is 5.79 Å². The Labute approximate surface area is 159 Å². The lowest BCUT2D eigenvalue weighted by Crippen LogP contribution is -2.35. The SMILES string of the molecule is Cc1ccc2c(c1)c1c(n2CC2(c3ccccn3)OCCO2)CCN(C)C1. The van der Waals surface area contributed by atoms with Gasteiger partial charge in [0, 0.05) is 42.3 Å². The average molecular weight is 363 g/mol. The van der Waals surface area contributed by atoms with Crippen molar-refractivity contribution in [2.75, 3.05) is 26.8 Å². The minimum absolute atomic E-state index is 0.597. The number of fused-ring (bicyclic) bond motifs is 3. The second-order valence-electron chi connectivity index (χ2n) is 7.68.